The maximum Gasteiger partial charge on any atom is 0.0835 e. The van der Waals surface area contributed by atoms with E-state index < -0.39 is 0 Å². The normalized spacial score (nSPS) is 14.8. The van der Waals surface area contributed by atoms with E-state index in [0.29, 0.717) is 0 Å². The molecule has 1 N–H and O–H groups in total. The molecule has 0 aromatic heterocycles. The molecule has 0 unspecified atom stereocenters. The van der Waals surface area contributed by atoms with Crippen molar-refractivity contribution in [2.45, 2.75) is 6.42 Å². The minimum atomic E-state index is 0.837. The van der Waals surface area contributed by atoms with Gasteiger partial charge in [-0.1, -0.05) is 42.6 Å². The smallest absolute Gasteiger partial charge is 0.0835 e. The molecule has 0 spiro atoms. The van der Waals surface area contributed by atoms with Crippen molar-refractivity contribution < 1.29 is 0 Å². The Morgan fingerprint density at radius 2 is 2.08 bits per heavy atom. The molecule has 12 heavy (non-hydrogen) atoms. The highest BCUT2D eigenvalue weighted by molar-refractivity contribution is 7.80. The van der Waals surface area contributed by atoms with Crippen LogP contribution in [0.5, 0.6) is 0 Å². The van der Waals surface area contributed by atoms with Gasteiger partial charge in [-0.25, -0.2) is 0 Å². The van der Waals surface area contributed by atoms with Gasteiger partial charge in [0.15, 0.2) is 0 Å². The second kappa shape index (κ2) is 3.07. The Morgan fingerprint density at radius 1 is 1.25 bits per heavy atom. The summed E-state index contributed by atoms with van der Waals surface area (Å²) in [6.07, 6.45) is 5.02. The molecule has 0 fully saturated rings. The highest BCUT2D eigenvalue weighted by atomic mass is 32.1. The van der Waals surface area contributed by atoms with Gasteiger partial charge in [-0.15, -0.1) is 0 Å². The number of anilines is 1. The summed E-state index contributed by atoms with van der Waals surface area (Å²) >= 11 is 5.11. The van der Waals surface area contributed by atoms with E-state index in [2.05, 4.69) is 23.5 Å². The van der Waals surface area contributed by atoms with Gasteiger partial charge in [0.05, 0.1) is 4.99 Å². The Bertz CT molecular complexity index is 341. The summed E-state index contributed by atoms with van der Waals surface area (Å²) in [7, 11) is 0. The average Bonchev–Trinajstić information content (AvgIpc) is 2.25. The van der Waals surface area contributed by atoms with Crippen molar-refractivity contribution in [1.29, 1.82) is 0 Å². The second-order valence-corrected chi connectivity index (χ2v) is 3.23. The van der Waals surface area contributed by atoms with Gasteiger partial charge in [0.1, 0.15) is 0 Å². The van der Waals surface area contributed by atoms with Crippen LogP contribution in [0.2, 0.25) is 0 Å². The molecule has 0 atom stereocenters. The van der Waals surface area contributed by atoms with Gasteiger partial charge in [-0.2, -0.15) is 0 Å². The fraction of sp³-hybridized carbons (Fsp3) is 0.100. The Labute approximate surface area is 77.1 Å². The van der Waals surface area contributed by atoms with Gasteiger partial charge in [0, 0.05) is 12.1 Å². The molecule has 1 aliphatic rings. The summed E-state index contributed by atoms with van der Waals surface area (Å²) in [4.78, 5) is 0.885. The van der Waals surface area contributed by atoms with E-state index in [1.165, 1.54) is 5.56 Å². The lowest BCUT2D eigenvalue weighted by Crippen LogP contribution is -2.06. The molecule has 1 aliphatic heterocycles. The summed E-state index contributed by atoms with van der Waals surface area (Å²) in [6, 6.07) is 8.15. The molecular weight excluding hydrogens is 166 g/mol. The predicted octanol–water partition coefficient (Wildman–Crippen LogP) is 2.84. The Morgan fingerprint density at radius 3 is 3.00 bits per heavy atom. The van der Waals surface area contributed by atoms with Crippen LogP contribution in [0.25, 0.3) is 6.08 Å². The summed E-state index contributed by atoms with van der Waals surface area (Å²) in [5.41, 5.74) is 2.31. The summed E-state index contributed by atoms with van der Waals surface area (Å²) in [5, 5.41) is 3.19. The van der Waals surface area contributed by atoms with Crippen LogP contribution >= 0.6 is 12.2 Å². The first kappa shape index (κ1) is 7.50. The van der Waals surface area contributed by atoms with Crippen molar-refractivity contribution in [2.24, 2.45) is 0 Å². The number of benzene rings is 1. The average molecular weight is 175 g/mol. The molecular formula is C10H9NS. The fourth-order valence-electron chi connectivity index (χ4n) is 1.25. The van der Waals surface area contributed by atoms with Crippen LogP contribution in [0.1, 0.15) is 12.0 Å². The fourth-order valence-corrected chi connectivity index (χ4v) is 1.46. The third kappa shape index (κ3) is 1.38. The minimum absolute atomic E-state index is 0.837. The van der Waals surface area contributed by atoms with E-state index in [1.54, 1.807) is 0 Å². The van der Waals surface area contributed by atoms with Crippen LogP contribution in [-0.2, 0) is 0 Å². The lowest BCUT2D eigenvalue weighted by atomic mass is 10.2. The van der Waals surface area contributed by atoms with Crippen molar-refractivity contribution in [3.8, 4) is 0 Å². The largest absolute Gasteiger partial charge is 0.349 e. The predicted molar refractivity (Wildman–Crippen MR) is 56.3 cm³/mol. The van der Waals surface area contributed by atoms with Crippen LogP contribution in [0.15, 0.2) is 30.3 Å². The van der Waals surface area contributed by atoms with E-state index in [1.807, 2.05) is 18.2 Å². The molecule has 0 radical (unpaired) electrons. The maximum absolute atomic E-state index is 5.11. The Hall–Kier alpha value is -1.15. The highest BCUT2D eigenvalue weighted by Crippen LogP contribution is 2.19. The van der Waals surface area contributed by atoms with E-state index in [4.69, 9.17) is 12.2 Å². The third-order valence-electron chi connectivity index (χ3n) is 1.84. The lowest BCUT2D eigenvalue weighted by Gasteiger charge is -2.05. The molecule has 1 aromatic carbocycles. The van der Waals surface area contributed by atoms with Crippen molar-refractivity contribution in [3.63, 3.8) is 0 Å². The number of para-hydroxylation sites is 1. The monoisotopic (exact) mass is 175 g/mol. The van der Waals surface area contributed by atoms with Gasteiger partial charge in [0.25, 0.3) is 0 Å². The maximum atomic E-state index is 5.11. The number of hydrogen-bond donors (Lipinski definition) is 1. The molecule has 0 bridgehead atoms. The highest BCUT2D eigenvalue weighted by Gasteiger charge is 2.03. The topological polar surface area (TPSA) is 12.0 Å². The van der Waals surface area contributed by atoms with E-state index in [0.717, 1.165) is 17.1 Å². The molecule has 0 saturated heterocycles. The SMILES string of the molecule is S=C1CC=Cc2ccccc2N1. The van der Waals surface area contributed by atoms with Gasteiger partial charge in [0.2, 0.25) is 0 Å². The summed E-state index contributed by atoms with van der Waals surface area (Å²) < 4.78 is 0. The van der Waals surface area contributed by atoms with Crippen LogP contribution in [0.4, 0.5) is 5.69 Å². The zero-order valence-corrected chi connectivity index (χ0v) is 7.40. The standard InChI is InChI=1S/C10H9NS/c12-10-7-3-5-8-4-1-2-6-9(8)11-10/h1-6H,7H2,(H,11,12). The molecule has 0 amide bonds. The summed E-state index contributed by atoms with van der Waals surface area (Å²) in [6.45, 7) is 0. The second-order valence-electron chi connectivity index (χ2n) is 2.74. The van der Waals surface area contributed by atoms with Gasteiger partial charge < -0.3 is 5.32 Å². The van der Waals surface area contributed by atoms with Gasteiger partial charge >= 0.3 is 0 Å². The first-order chi connectivity index (χ1) is 5.86. The van der Waals surface area contributed by atoms with E-state index in [9.17, 15) is 0 Å². The summed E-state index contributed by atoms with van der Waals surface area (Å²) in [5.74, 6) is 0. The van der Waals surface area contributed by atoms with Crippen molar-refractivity contribution in [1.82, 2.24) is 0 Å². The third-order valence-corrected chi connectivity index (χ3v) is 2.10. The van der Waals surface area contributed by atoms with Gasteiger partial charge in [-0.3, -0.25) is 0 Å². The molecule has 1 aromatic rings. The van der Waals surface area contributed by atoms with E-state index >= 15 is 0 Å². The van der Waals surface area contributed by atoms with Crippen molar-refractivity contribution in [2.75, 3.05) is 5.32 Å². The molecule has 2 heteroatoms. The molecule has 60 valence electrons. The van der Waals surface area contributed by atoms with Crippen LogP contribution in [0.3, 0.4) is 0 Å². The number of hydrogen-bond acceptors (Lipinski definition) is 1. The van der Waals surface area contributed by atoms with Gasteiger partial charge in [-0.05, 0) is 11.6 Å². The molecule has 1 heterocycles. The molecule has 1 nitrogen and oxygen atoms in total. The molecule has 2 rings (SSSR count). The first-order valence-electron chi connectivity index (χ1n) is 3.92. The Kier molecular flexibility index (Phi) is 1.92. The first-order valence-corrected chi connectivity index (χ1v) is 4.32. The van der Waals surface area contributed by atoms with Crippen LogP contribution in [-0.4, -0.2) is 4.99 Å². The van der Waals surface area contributed by atoms with Crippen molar-refractivity contribution >= 4 is 29.0 Å². The number of fused-ring (bicyclic) bond motifs is 1. The zero-order chi connectivity index (χ0) is 8.39. The van der Waals surface area contributed by atoms with Crippen molar-refractivity contribution in [3.05, 3.63) is 35.9 Å². The number of thiocarbonyl (C=S) groups is 1. The quantitative estimate of drug-likeness (QED) is 0.608. The number of nitrogens with one attached hydrogen (secondary N) is 1. The molecule has 0 aliphatic carbocycles. The lowest BCUT2D eigenvalue weighted by molar-refractivity contribution is 1.53. The van der Waals surface area contributed by atoms with Crippen LogP contribution in [0, 0.1) is 0 Å². The minimum Gasteiger partial charge on any atom is -0.349 e. The van der Waals surface area contributed by atoms with E-state index in [-0.39, 0.29) is 0 Å². The number of rotatable bonds is 0. The Balaban J connectivity index is 2.48. The van der Waals surface area contributed by atoms with Crippen LogP contribution < -0.4 is 5.32 Å². The zero-order valence-electron chi connectivity index (χ0n) is 6.58. The molecule has 0 saturated carbocycles.